The number of imide groups is 1. The van der Waals surface area contributed by atoms with Crippen LogP contribution in [-0.4, -0.2) is 22.5 Å². The van der Waals surface area contributed by atoms with Gasteiger partial charge in [0.15, 0.2) is 0 Å². The van der Waals surface area contributed by atoms with Crippen LogP contribution >= 0.6 is 0 Å². The maximum Gasteiger partial charge on any atom is 0.418 e. The lowest BCUT2D eigenvalue weighted by Crippen LogP contribution is -2.20. The smallest absolute Gasteiger partial charge is 0.418 e. The molecule has 0 saturated carbocycles. The normalized spacial score (nSPS) is 7.50. The fraction of sp³-hybridized carbons (Fsp3) is 0. The topological polar surface area (TPSA) is 57.6 Å². The minimum absolute atomic E-state index is 0.162. The van der Waals surface area contributed by atoms with Crippen molar-refractivity contribution in [1.29, 1.82) is 0 Å². The van der Waals surface area contributed by atoms with Gasteiger partial charge >= 0.3 is 6.09 Å². The molecule has 0 aromatic heterocycles. The molecule has 0 aliphatic heterocycles. The van der Waals surface area contributed by atoms with Gasteiger partial charge in [-0.25, -0.2) is 9.69 Å². The fourth-order valence-electron chi connectivity index (χ4n) is 0.166. The van der Waals surface area contributed by atoms with Crippen LogP contribution in [0.3, 0.4) is 0 Å². The summed E-state index contributed by atoms with van der Waals surface area (Å²) in [4.78, 5) is 19.9. The van der Waals surface area contributed by atoms with Gasteiger partial charge in [-0.1, -0.05) is 6.58 Å². The molecule has 4 nitrogen and oxygen atoms in total. The molecule has 0 unspecified atom stereocenters. The van der Waals surface area contributed by atoms with E-state index in [4.69, 9.17) is 5.11 Å². The second-order valence-electron chi connectivity index (χ2n) is 0.978. The molecule has 2 amide bonds. The zero-order valence-electron chi connectivity index (χ0n) is 4.07. The largest absolute Gasteiger partial charge is 0.464 e. The standard InChI is InChI=1S/C4H5NO3/c1-2-5(3-6)4(7)8/h2-3H,1H2,(H,7,8). The summed E-state index contributed by atoms with van der Waals surface area (Å²) in [6, 6.07) is 0. The van der Waals surface area contributed by atoms with Gasteiger partial charge in [-0.15, -0.1) is 0 Å². The third-order valence-corrected chi connectivity index (χ3v) is 0.531. The van der Waals surface area contributed by atoms with Crippen molar-refractivity contribution in [2.45, 2.75) is 0 Å². The fourth-order valence-corrected chi connectivity index (χ4v) is 0.166. The SMILES string of the molecule is C=CN(C=O)C(=O)O. The highest BCUT2D eigenvalue weighted by Gasteiger charge is 2.02. The Kier molecular flexibility index (Phi) is 2.33. The van der Waals surface area contributed by atoms with E-state index in [-0.39, 0.29) is 6.41 Å². The molecule has 0 aromatic rings. The lowest BCUT2D eigenvalue weighted by molar-refractivity contribution is -0.114. The number of carbonyl (C=O) groups is 2. The summed E-state index contributed by atoms with van der Waals surface area (Å²) in [7, 11) is 0. The number of hydrogen-bond donors (Lipinski definition) is 1. The molecule has 0 spiro atoms. The van der Waals surface area contributed by atoms with Gasteiger partial charge in [0.05, 0.1) is 0 Å². The number of carboxylic acid groups (broad SMARTS) is 1. The molecule has 0 heterocycles. The number of hydrogen-bond acceptors (Lipinski definition) is 2. The van der Waals surface area contributed by atoms with Gasteiger partial charge in [-0.2, -0.15) is 0 Å². The molecule has 0 saturated heterocycles. The van der Waals surface area contributed by atoms with Gasteiger partial charge in [0, 0.05) is 6.20 Å². The first-order chi connectivity index (χ1) is 3.72. The van der Waals surface area contributed by atoms with Crippen molar-refractivity contribution in [3.8, 4) is 0 Å². The Morgan fingerprint density at radius 2 is 2.25 bits per heavy atom. The Balaban J connectivity index is 3.88. The monoisotopic (exact) mass is 115 g/mol. The molecule has 44 valence electrons. The molecular weight excluding hydrogens is 110 g/mol. The molecule has 0 bridgehead atoms. The van der Waals surface area contributed by atoms with E-state index in [1.807, 2.05) is 0 Å². The predicted molar refractivity (Wildman–Crippen MR) is 26.1 cm³/mol. The van der Waals surface area contributed by atoms with Crippen LogP contribution in [0.4, 0.5) is 4.79 Å². The Hall–Kier alpha value is -1.32. The third kappa shape index (κ3) is 1.42. The van der Waals surface area contributed by atoms with E-state index in [9.17, 15) is 9.59 Å². The molecule has 0 fully saturated rings. The number of nitrogens with zero attached hydrogens (tertiary/aromatic N) is 1. The number of amides is 2. The van der Waals surface area contributed by atoms with Gasteiger partial charge in [0.2, 0.25) is 6.41 Å². The van der Waals surface area contributed by atoms with Crippen molar-refractivity contribution in [3.63, 3.8) is 0 Å². The van der Waals surface area contributed by atoms with Crippen LogP contribution in [0.2, 0.25) is 0 Å². The van der Waals surface area contributed by atoms with Crippen molar-refractivity contribution in [2.24, 2.45) is 0 Å². The summed E-state index contributed by atoms with van der Waals surface area (Å²) < 4.78 is 0. The van der Waals surface area contributed by atoms with Crippen molar-refractivity contribution < 1.29 is 14.7 Å². The van der Waals surface area contributed by atoms with Gasteiger partial charge in [-0.3, -0.25) is 4.79 Å². The Labute approximate surface area is 46.0 Å². The molecule has 4 heteroatoms. The molecule has 0 aliphatic rings. The Morgan fingerprint density at radius 1 is 1.75 bits per heavy atom. The molecule has 1 N–H and O–H groups in total. The second-order valence-corrected chi connectivity index (χ2v) is 0.978. The zero-order chi connectivity index (χ0) is 6.57. The molecule has 8 heavy (non-hydrogen) atoms. The molecule has 0 aliphatic carbocycles. The van der Waals surface area contributed by atoms with E-state index in [1.165, 1.54) is 0 Å². The Morgan fingerprint density at radius 3 is 2.25 bits per heavy atom. The highest BCUT2D eigenvalue weighted by molar-refractivity contribution is 5.79. The minimum Gasteiger partial charge on any atom is -0.464 e. The van der Waals surface area contributed by atoms with Gasteiger partial charge in [0.25, 0.3) is 0 Å². The average Bonchev–Trinajstić information content (AvgIpc) is 1.69. The first-order valence-electron chi connectivity index (χ1n) is 1.81. The van der Waals surface area contributed by atoms with E-state index >= 15 is 0 Å². The van der Waals surface area contributed by atoms with Crippen LogP contribution in [0.15, 0.2) is 12.8 Å². The Bertz CT molecular complexity index is 112. The summed E-state index contributed by atoms with van der Waals surface area (Å²) in [5.74, 6) is 0. The van der Waals surface area contributed by atoms with E-state index in [0.717, 1.165) is 6.20 Å². The molecule has 0 radical (unpaired) electrons. The number of carbonyl (C=O) groups excluding carboxylic acids is 1. The minimum atomic E-state index is -1.32. The highest BCUT2D eigenvalue weighted by Crippen LogP contribution is 1.80. The maximum absolute atomic E-state index is 9.78. The molecule has 0 atom stereocenters. The second kappa shape index (κ2) is 2.79. The van der Waals surface area contributed by atoms with Crippen LogP contribution < -0.4 is 0 Å². The van der Waals surface area contributed by atoms with E-state index in [1.54, 1.807) is 0 Å². The van der Waals surface area contributed by atoms with Crippen molar-refractivity contribution in [3.05, 3.63) is 12.8 Å². The van der Waals surface area contributed by atoms with Gasteiger partial charge in [0.1, 0.15) is 0 Å². The van der Waals surface area contributed by atoms with Crippen LogP contribution in [0.1, 0.15) is 0 Å². The number of rotatable bonds is 2. The highest BCUT2D eigenvalue weighted by atomic mass is 16.4. The third-order valence-electron chi connectivity index (χ3n) is 0.531. The summed E-state index contributed by atoms with van der Waals surface area (Å²) in [6.45, 7) is 3.07. The lowest BCUT2D eigenvalue weighted by atomic mass is 10.8. The summed E-state index contributed by atoms with van der Waals surface area (Å²) in [5, 5.41) is 8.00. The van der Waals surface area contributed by atoms with Gasteiger partial charge < -0.3 is 5.11 Å². The average molecular weight is 115 g/mol. The van der Waals surface area contributed by atoms with Crippen LogP contribution in [0, 0.1) is 0 Å². The van der Waals surface area contributed by atoms with Crippen molar-refractivity contribution in [1.82, 2.24) is 4.90 Å². The van der Waals surface area contributed by atoms with E-state index in [2.05, 4.69) is 6.58 Å². The first-order valence-corrected chi connectivity index (χ1v) is 1.81. The van der Waals surface area contributed by atoms with Gasteiger partial charge in [-0.05, 0) is 0 Å². The summed E-state index contributed by atoms with van der Waals surface area (Å²) >= 11 is 0. The molecule has 0 aromatic carbocycles. The molecular formula is C4H5NO3. The van der Waals surface area contributed by atoms with Crippen LogP contribution in [0.5, 0.6) is 0 Å². The lowest BCUT2D eigenvalue weighted by Gasteiger charge is -1.99. The van der Waals surface area contributed by atoms with Crippen molar-refractivity contribution in [2.75, 3.05) is 0 Å². The quantitative estimate of drug-likeness (QED) is 0.525. The van der Waals surface area contributed by atoms with Crippen LogP contribution in [0.25, 0.3) is 0 Å². The maximum atomic E-state index is 9.78. The zero-order valence-corrected chi connectivity index (χ0v) is 4.07. The van der Waals surface area contributed by atoms with E-state index in [0.29, 0.717) is 4.90 Å². The van der Waals surface area contributed by atoms with E-state index < -0.39 is 6.09 Å². The summed E-state index contributed by atoms with van der Waals surface area (Å²) in [6.07, 6.45) is -0.250. The molecule has 0 rings (SSSR count). The first kappa shape index (κ1) is 6.68. The summed E-state index contributed by atoms with van der Waals surface area (Å²) in [5.41, 5.74) is 0. The van der Waals surface area contributed by atoms with Crippen molar-refractivity contribution >= 4 is 12.5 Å². The van der Waals surface area contributed by atoms with Crippen LogP contribution in [-0.2, 0) is 4.79 Å². The predicted octanol–water partition coefficient (Wildman–Crippen LogP) is 0.266.